The van der Waals surface area contributed by atoms with E-state index in [0.717, 1.165) is 0 Å². The summed E-state index contributed by atoms with van der Waals surface area (Å²) >= 11 is 0. The number of hydrogen-bond donors (Lipinski definition) is 2. The second-order valence-electron chi connectivity index (χ2n) is 4.62. The maximum atomic E-state index is 9.56. The molecule has 1 atom stereocenters. The summed E-state index contributed by atoms with van der Waals surface area (Å²) in [5.74, 6) is 0.471. The Morgan fingerprint density at radius 2 is 2.06 bits per heavy atom. The minimum atomic E-state index is -0.572. The number of β-amino-alcohol motifs (C(OH)–C–C–N with tert-alkyl or cyclic N) is 1. The summed E-state index contributed by atoms with van der Waals surface area (Å²) in [4.78, 5) is 4.95. The van der Waals surface area contributed by atoms with Crippen LogP contribution in [-0.4, -0.2) is 42.4 Å². The Bertz CT molecular complexity index is 212. The first-order valence-electron chi connectivity index (χ1n) is 5.57. The quantitative estimate of drug-likeness (QED) is 0.409. The molecule has 1 unspecified atom stereocenters. The number of aliphatic hydroxyl groups excluding tert-OH is 1. The standard InChI is InChI=1S/C11H24N2O3/c1-6-15-9(2)13-16-8-10(14)7-12-11(3,4)5/h10,12,14H,6-8H2,1-5H3/b13-9-. The molecule has 0 aromatic carbocycles. The number of oxime groups is 1. The first kappa shape index (κ1) is 15.2. The van der Waals surface area contributed by atoms with E-state index in [0.29, 0.717) is 19.0 Å². The molecular weight excluding hydrogens is 208 g/mol. The molecule has 0 aliphatic carbocycles. The Morgan fingerprint density at radius 1 is 1.44 bits per heavy atom. The molecule has 16 heavy (non-hydrogen) atoms. The lowest BCUT2D eigenvalue weighted by molar-refractivity contribution is 0.0337. The normalized spacial score (nSPS) is 14.8. The smallest absolute Gasteiger partial charge is 0.222 e. The van der Waals surface area contributed by atoms with Crippen LogP contribution in [0.5, 0.6) is 0 Å². The van der Waals surface area contributed by atoms with Gasteiger partial charge in [-0.2, -0.15) is 0 Å². The molecule has 0 aliphatic rings. The lowest BCUT2D eigenvalue weighted by atomic mass is 10.1. The van der Waals surface area contributed by atoms with Gasteiger partial charge in [-0.25, -0.2) is 0 Å². The Morgan fingerprint density at radius 3 is 2.56 bits per heavy atom. The average molecular weight is 232 g/mol. The van der Waals surface area contributed by atoms with Crippen molar-refractivity contribution in [3.8, 4) is 0 Å². The van der Waals surface area contributed by atoms with Crippen LogP contribution in [0.3, 0.4) is 0 Å². The summed E-state index contributed by atoms with van der Waals surface area (Å²) in [6.45, 7) is 10.9. The van der Waals surface area contributed by atoms with Crippen molar-refractivity contribution in [1.29, 1.82) is 0 Å². The molecule has 5 nitrogen and oxygen atoms in total. The number of nitrogens with one attached hydrogen (secondary N) is 1. The first-order valence-corrected chi connectivity index (χ1v) is 5.57. The van der Waals surface area contributed by atoms with Gasteiger partial charge in [-0.1, -0.05) is 5.16 Å². The summed E-state index contributed by atoms with van der Waals surface area (Å²) in [5, 5.41) is 16.4. The van der Waals surface area contributed by atoms with Crippen molar-refractivity contribution < 1.29 is 14.7 Å². The van der Waals surface area contributed by atoms with E-state index in [2.05, 4.69) is 10.5 Å². The zero-order valence-electron chi connectivity index (χ0n) is 10.9. The van der Waals surface area contributed by atoms with Gasteiger partial charge in [0.1, 0.15) is 12.7 Å². The van der Waals surface area contributed by atoms with E-state index in [1.54, 1.807) is 6.92 Å². The van der Waals surface area contributed by atoms with Crippen LogP contribution in [0.1, 0.15) is 34.6 Å². The van der Waals surface area contributed by atoms with Crippen LogP contribution in [0.25, 0.3) is 0 Å². The van der Waals surface area contributed by atoms with Gasteiger partial charge in [-0.05, 0) is 27.7 Å². The van der Waals surface area contributed by atoms with E-state index in [-0.39, 0.29) is 12.1 Å². The van der Waals surface area contributed by atoms with E-state index in [4.69, 9.17) is 9.57 Å². The van der Waals surface area contributed by atoms with Crippen LogP contribution < -0.4 is 5.32 Å². The van der Waals surface area contributed by atoms with Gasteiger partial charge in [-0.3, -0.25) is 0 Å². The van der Waals surface area contributed by atoms with Crippen LogP contribution in [0, 0.1) is 0 Å². The predicted octanol–water partition coefficient (Wildman–Crippen LogP) is 1.12. The Hall–Kier alpha value is -0.810. The van der Waals surface area contributed by atoms with Gasteiger partial charge in [0.2, 0.25) is 5.90 Å². The average Bonchev–Trinajstić information content (AvgIpc) is 2.14. The highest BCUT2D eigenvalue weighted by molar-refractivity contribution is 5.72. The molecule has 0 amide bonds. The second-order valence-corrected chi connectivity index (χ2v) is 4.62. The van der Waals surface area contributed by atoms with Gasteiger partial charge in [0.25, 0.3) is 0 Å². The van der Waals surface area contributed by atoms with E-state index in [1.807, 2.05) is 27.7 Å². The molecule has 0 saturated heterocycles. The van der Waals surface area contributed by atoms with Crippen LogP contribution in [0.2, 0.25) is 0 Å². The topological polar surface area (TPSA) is 63.1 Å². The fraction of sp³-hybridized carbons (Fsp3) is 0.909. The monoisotopic (exact) mass is 232 g/mol. The Kier molecular flexibility index (Phi) is 7.08. The van der Waals surface area contributed by atoms with Gasteiger partial charge in [0.05, 0.1) is 6.61 Å². The van der Waals surface area contributed by atoms with Crippen molar-refractivity contribution in [3.05, 3.63) is 0 Å². The third kappa shape index (κ3) is 9.73. The molecule has 0 spiro atoms. The van der Waals surface area contributed by atoms with Crippen molar-refractivity contribution in [3.63, 3.8) is 0 Å². The van der Waals surface area contributed by atoms with Gasteiger partial charge >= 0.3 is 0 Å². The van der Waals surface area contributed by atoms with Gasteiger partial charge < -0.3 is 20.0 Å². The fourth-order valence-electron chi connectivity index (χ4n) is 0.932. The minimum Gasteiger partial charge on any atom is -0.479 e. The zero-order chi connectivity index (χ0) is 12.6. The molecule has 0 saturated carbocycles. The van der Waals surface area contributed by atoms with Crippen LogP contribution in [0.4, 0.5) is 0 Å². The lowest BCUT2D eigenvalue weighted by Crippen LogP contribution is -2.42. The molecule has 0 bridgehead atoms. The fourth-order valence-corrected chi connectivity index (χ4v) is 0.932. The van der Waals surface area contributed by atoms with E-state index < -0.39 is 6.10 Å². The van der Waals surface area contributed by atoms with Crippen molar-refractivity contribution in [2.24, 2.45) is 5.16 Å². The summed E-state index contributed by atoms with van der Waals surface area (Å²) in [7, 11) is 0. The Balaban J connectivity index is 3.65. The van der Waals surface area contributed by atoms with E-state index in [9.17, 15) is 5.11 Å². The van der Waals surface area contributed by atoms with Crippen LogP contribution in [-0.2, 0) is 9.57 Å². The number of aliphatic hydroxyl groups is 1. The SMILES string of the molecule is CCO/C(C)=N\OCC(O)CNC(C)(C)C. The molecular formula is C11H24N2O3. The molecule has 0 heterocycles. The highest BCUT2D eigenvalue weighted by Crippen LogP contribution is 1.98. The predicted molar refractivity (Wildman–Crippen MR) is 64.4 cm³/mol. The third-order valence-corrected chi connectivity index (χ3v) is 1.68. The van der Waals surface area contributed by atoms with Crippen molar-refractivity contribution >= 4 is 5.90 Å². The zero-order valence-corrected chi connectivity index (χ0v) is 10.9. The van der Waals surface area contributed by atoms with Crippen LogP contribution >= 0.6 is 0 Å². The summed E-state index contributed by atoms with van der Waals surface area (Å²) in [6.07, 6.45) is -0.572. The third-order valence-electron chi connectivity index (χ3n) is 1.68. The van der Waals surface area contributed by atoms with Crippen LogP contribution in [0.15, 0.2) is 5.16 Å². The van der Waals surface area contributed by atoms with Crippen molar-refractivity contribution in [1.82, 2.24) is 5.32 Å². The van der Waals surface area contributed by atoms with Crippen molar-refractivity contribution in [2.45, 2.75) is 46.3 Å². The maximum Gasteiger partial charge on any atom is 0.222 e. The molecule has 0 aromatic heterocycles. The summed E-state index contributed by atoms with van der Waals surface area (Å²) in [5.41, 5.74) is -0.00845. The molecule has 0 aliphatic heterocycles. The van der Waals surface area contributed by atoms with Crippen molar-refractivity contribution in [2.75, 3.05) is 19.8 Å². The number of ether oxygens (including phenoxy) is 1. The highest BCUT2D eigenvalue weighted by Gasteiger charge is 2.12. The molecule has 0 fully saturated rings. The lowest BCUT2D eigenvalue weighted by Gasteiger charge is -2.22. The number of hydrogen-bond acceptors (Lipinski definition) is 5. The largest absolute Gasteiger partial charge is 0.479 e. The molecule has 2 N–H and O–H groups in total. The molecule has 0 aromatic rings. The van der Waals surface area contributed by atoms with Gasteiger partial charge in [0.15, 0.2) is 0 Å². The summed E-state index contributed by atoms with van der Waals surface area (Å²) in [6, 6.07) is 0. The van der Waals surface area contributed by atoms with Gasteiger partial charge in [-0.15, -0.1) is 0 Å². The second kappa shape index (κ2) is 7.46. The highest BCUT2D eigenvalue weighted by atomic mass is 16.7. The molecule has 5 heteroatoms. The van der Waals surface area contributed by atoms with E-state index >= 15 is 0 Å². The van der Waals surface area contributed by atoms with Gasteiger partial charge in [0, 0.05) is 19.0 Å². The summed E-state index contributed by atoms with van der Waals surface area (Å²) < 4.78 is 5.07. The molecule has 0 rings (SSSR count). The first-order chi connectivity index (χ1) is 7.35. The number of rotatable bonds is 6. The molecule has 96 valence electrons. The molecule has 0 radical (unpaired) electrons. The number of nitrogens with zero attached hydrogens (tertiary/aromatic N) is 1. The maximum absolute atomic E-state index is 9.56. The van der Waals surface area contributed by atoms with E-state index in [1.165, 1.54) is 0 Å². The Labute approximate surface area is 97.8 Å². The minimum absolute atomic E-state index is 0.00845.